The van der Waals surface area contributed by atoms with Crippen LogP contribution >= 0.6 is 12.6 Å². The Hall–Kier alpha value is -0.380. The van der Waals surface area contributed by atoms with Crippen molar-refractivity contribution >= 4 is 18.5 Å². The van der Waals surface area contributed by atoms with Gasteiger partial charge in [-0.3, -0.25) is 4.79 Å². The largest absolute Gasteiger partial charge is 0.394 e. The second kappa shape index (κ2) is 6.53. The SMILES string of the molecule is O=C(CCS)NC1[C@H](O)OC(CO)[C@H](O)[C@@H]1O. The van der Waals surface area contributed by atoms with Crippen LogP contribution in [0.2, 0.25) is 0 Å². The Kier molecular flexibility index (Phi) is 5.63. The van der Waals surface area contributed by atoms with Crippen LogP contribution in [0.5, 0.6) is 0 Å². The quantitative estimate of drug-likeness (QED) is 0.307. The molecule has 0 aromatic carbocycles. The zero-order valence-electron chi connectivity index (χ0n) is 9.06. The van der Waals surface area contributed by atoms with Crippen molar-refractivity contribution in [2.75, 3.05) is 12.4 Å². The van der Waals surface area contributed by atoms with Gasteiger partial charge >= 0.3 is 0 Å². The molecule has 8 heteroatoms. The normalized spacial score (nSPS) is 37.8. The third-order valence-corrected chi connectivity index (χ3v) is 2.79. The number of carbonyl (C=O) groups is 1. The Bertz CT molecular complexity index is 266. The number of thiol groups is 1. The van der Waals surface area contributed by atoms with Gasteiger partial charge < -0.3 is 30.5 Å². The molecule has 7 nitrogen and oxygen atoms in total. The molecule has 0 bridgehead atoms. The lowest BCUT2D eigenvalue weighted by Crippen LogP contribution is -2.64. The summed E-state index contributed by atoms with van der Waals surface area (Å²) >= 11 is 3.87. The summed E-state index contributed by atoms with van der Waals surface area (Å²) in [6, 6.07) is -1.12. The Morgan fingerprint density at radius 2 is 1.94 bits per heavy atom. The zero-order valence-corrected chi connectivity index (χ0v) is 9.96. The predicted molar refractivity (Wildman–Crippen MR) is 60.4 cm³/mol. The first-order valence-electron chi connectivity index (χ1n) is 5.22. The van der Waals surface area contributed by atoms with Crippen LogP contribution in [0.3, 0.4) is 0 Å². The number of aliphatic hydroxyl groups excluding tert-OH is 4. The van der Waals surface area contributed by atoms with Gasteiger partial charge in [-0.1, -0.05) is 0 Å². The van der Waals surface area contributed by atoms with E-state index in [-0.39, 0.29) is 6.42 Å². The van der Waals surface area contributed by atoms with E-state index < -0.39 is 43.2 Å². The summed E-state index contributed by atoms with van der Waals surface area (Å²) in [5.74, 6) is -0.0886. The van der Waals surface area contributed by atoms with E-state index >= 15 is 0 Å². The lowest BCUT2D eigenvalue weighted by atomic mass is 9.97. The average molecular weight is 267 g/mol. The third kappa shape index (κ3) is 3.54. The maximum absolute atomic E-state index is 11.3. The number of amides is 1. The zero-order chi connectivity index (χ0) is 13.0. The highest BCUT2D eigenvalue weighted by Crippen LogP contribution is 2.19. The van der Waals surface area contributed by atoms with Gasteiger partial charge in [0, 0.05) is 6.42 Å². The van der Waals surface area contributed by atoms with E-state index in [4.69, 9.17) is 9.84 Å². The van der Waals surface area contributed by atoms with Gasteiger partial charge in [-0.05, 0) is 5.75 Å². The molecular weight excluding hydrogens is 250 g/mol. The fraction of sp³-hybridized carbons (Fsp3) is 0.889. The topological polar surface area (TPSA) is 119 Å². The minimum atomic E-state index is -1.48. The monoisotopic (exact) mass is 267 g/mol. The van der Waals surface area contributed by atoms with E-state index in [0.717, 1.165) is 0 Å². The molecular formula is C9H17NO6S. The lowest BCUT2D eigenvalue weighted by Gasteiger charge is -2.40. The molecule has 5 N–H and O–H groups in total. The average Bonchev–Trinajstić information content (AvgIpc) is 2.29. The Labute approximate surface area is 104 Å². The fourth-order valence-corrected chi connectivity index (χ4v) is 1.82. The van der Waals surface area contributed by atoms with E-state index in [2.05, 4.69) is 17.9 Å². The van der Waals surface area contributed by atoms with Crippen LogP contribution in [0.15, 0.2) is 0 Å². The molecule has 1 rings (SSSR count). The van der Waals surface area contributed by atoms with Crippen molar-refractivity contribution in [1.82, 2.24) is 5.32 Å². The van der Waals surface area contributed by atoms with E-state index in [0.29, 0.717) is 5.75 Å². The van der Waals surface area contributed by atoms with Crippen LogP contribution in [0, 0.1) is 0 Å². The van der Waals surface area contributed by atoms with Gasteiger partial charge in [-0.2, -0.15) is 12.6 Å². The van der Waals surface area contributed by atoms with Crippen LogP contribution in [0.4, 0.5) is 0 Å². The summed E-state index contributed by atoms with van der Waals surface area (Å²) in [6.45, 7) is -0.535. The fourth-order valence-electron chi connectivity index (χ4n) is 1.61. The molecule has 1 fully saturated rings. The maximum atomic E-state index is 11.3. The highest BCUT2D eigenvalue weighted by Gasteiger charge is 2.44. The third-order valence-electron chi connectivity index (χ3n) is 2.57. The highest BCUT2D eigenvalue weighted by molar-refractivity contribution is 7.80. The van der Waals surface area contributed by atoms with Gasteiger partial charge in [0.2, 0.25) is 5.91 Å². The molecule has 5 atom stereocenters. The van der Waals surface area contributed by atoms with E-state index in [9.17, 15) is 20.1 Å². The number of hydrogen-bond acceptors (Lipinski definition) is 7. The second-order valence-electron chi connectivity index (χ2n) is 3.80. The Morgan fingerprint density at radius 3 is 2.47 bits per heavy atom. The molecule has 1 heterocycles. The molecule has 100 valence electrons. The van der Waals surface area contributed by atoms with Crippen LogP contribution in [-0.4, -0.2) is 69.3 Å². The molecule has 1 aliphatic rings. The number of hydrogen-bond donors (Lipinski definition) is 6. The standard InChI is InChI=1S/C9H17NO6S/c11-3-4-7(13)8(14)6(9(15)16-4)10-5(12)1-2-17/h4,6-9,11,13-15,17H,1-3H2,(H,10,12)/t4?,6?,7-,8+,9+/m0/s1. The van der Waals surface area contributed by atoms with Gasteiger partial charge in [0.05, 0.1) is 6.61 Å². The molecule has 1 aliphatic heterocycles. The molecule has 17 heavy (non-hydrogen) atoms. The molecule has 0 aromatic rings. The predicted octanol–water partition coefficient (Wildman–Crippen LogP) is -2.78. The lowest BCUT2D eigenvalue weighted by molar-refractivity contribution is -0.253. The second-order valence-corrected chi connectivity index (χ2v) is 4.24. The number of nitrogens with one attached hydrogen (secondary N) is 1. The molecule has 2 unspecified atom stereocenters. The van der Waals surface area contributed by atoms with E-state index in [1.165, 1.54) is 0 Å². The first-order chi connectivity index (χ1) is 8.01. The first-order valence-corrected chi connectivity index (χ1v) is 5.85. The number of carbonyl (C=O) groups excluding carboxylic acids is 1. The van der Waals surface area contributed by atoms with Crippen molar-refractivity contribution in [1.29, 1.82) is 0 Å². The summed E-state index contributed by atoms with van der Waals surface area (Å²) in [5, 5.41) is 40.0. The molecule has 0 aliphatic carbocycles. The highest BCUT2D eigenvalue weighted by atomic mass is 32.1. The van der Waals surface area contributed by atoms with Crippen molar-refractivity contribution in [3.05, 3.63) is 0 Å². The van der Waals surface area contributed by atoms with Gasteiger partial charge in [-0.15, -0.1) is 0 Å². The minimum Gasteiger partial charge on any atom is -0.394 e. The molecule has 1 amide bonds. The summed E-state index contributed by atoms with van der Waals surface area (Å²) in [6.07, 6.45) is -5.20. The van der Waals surface area contributed by atoms with Crippen LogP contribution < -0.4 is 5.32 Å². The van der Waals surface area contributed by atoms with E-state index in [1.54, 1.807) is 0 Å². The Morgan fingerprint density at radius 1 is 1.29 bits per heavy atom. The summed E-state index contributed by atoms with van der Waals surface area (Å²) in [4.78, 5) is 11.3. The van der Waals surface area contributed by atoms with Crippen molar-refractivity contribution in [2.45, 2.75) is 37.1 Å². The molecule has 0 spiro atoms. The number of rotatable bonds is 4. The summed E-state index contributed by atoms with van der Waals surface area (Å²) < 4.78 is 4.87. The maximum Gasteiger partial charge on any atom is 0.221 e. The number of ether oxygens (including phenoxy) is 1. The van der Waals surface area contributed by atoms with Gasteiger partial charge in [0.25, 0.3) is 0 Å². The number of aliphatic hydroxyl groups is 4. The van der Waals surface area contributed by atoms with Crippen molar-refractivity contribution in [3.8, 4) is 0 Å². The van der Waals surface area contributed by atoms with Crippen molar-refractivity contribution in [3.63, 3.8) is 0 Å². The van der Waals surface area contributed by atoms with Crippen molar-refractivity contribution in [2.24, 2.45) is 0 Å². The molecule has 0 aromatic heterocycles. The van der Waals surface area contributed by atoms with Gasteiger partial charge in [0.15, 0.2) is 6.29 Å². The molecule has 0 saturated carbocycles. The van der Waals surface area contributed by atoms with E-state index in [1.807, 2.05) is 0 Å². The molecule has 1 saturated heterocycles. The smallest absolute Gasteiger partial charge is 0.221 e. The van der Waals surface area contributed by atoms with Crippen LogP contribution in [0.25, 0.3) is 0 Å². The van der Waals surface area contributed by atoms with Crippen molar-refractivity contribution < 1.29 is 30.0 Å². The Balaban J connectivity index is 2.63. The van der Waals surface area contributed by atoms with Gasteiger partial charge in [-0.25, -0.2) is 0 Å². The van der Waals surface area contributed by atoms with Crippen LogP contribution in [0.1, 0.15) is 6.42 Å². The van der Waals surface area contributed by atoms with Crippen LogP contribution in [-0.2, 0) is 9.53 Å². The molecule has 0 radical (unpaired) electrons. The summed E-state index contributed by atoms with van der Waals surface area (Å²) in [7, 11) is 0. The van der Waals surface area contributed by atoms with Gasteiger partial charge in [0.1, 0.15) is 24.4 Å². The first kappa shape index (κ1) is 14.7. The minimum absolute atomic E-state index is 0.124. The summed E-state index contributed by atoms with van der Waals surface area (Å²) in [5.41, 5.74) is 0.